The molecule has 1 aliphatic rings. The Morgan fingerprint density at radius 3 is 2.85 bits per heavy atom. The molecule has 13 heavy (non-hydrogen) atoms. The van der Waals surface area contributed by atoms with Crippen molar-refractivity contribution in [3.63, 3.8) is 0 Å². The highest BCUT2D eigenvalue weighted by Gasteiger charge is 2.23. The van der Waals surface area contributed by atoms with Gasteiger partial charge in [-0.1, -0.05) is 0 Å². The fourth-order valence-electron chi connectivity index (χ4n) is 1.35. The first-order chi connectivity index (χ1) is 6.38. The summed E-state index contributed by atoms with van der Waals surface area (Å²) in [5, 5.41) is 3.81. The van der Waals surface area contributed by atoms with Crippen LogP contribution in [0.1, 0.15) is 6.42 Å². The minimum atomic E-state index is -1.04. The van der Waals surface area contributed by atoms with E-state index in [1.165, 1.54) is 0 Å². The third kappa shape index (κ3) is 1.92. The molecule has 4 nitrogen and oxygen atoms in total. The van der Waals surface area contributed by atoms with E-state index in [9.17, 15) is 4.21 Å². The lowest BCUT2D eigenvalue weighted by molar-refractivity contribution is 0.664. The first kappa shape index (κ1) is 8.77. The molecule has 1 aromatic rings. The van der Waals surface area contributed by atoms with Crippen molar-refractivity contribution < 1.29 is 4.21 Å². The Labute approximate surface area is 79.2 Å². The maximum Gasteiger partial charge on any atom is 0.218 e. The third-order valence-corrected chi connectivity index (χ3v) is 3.62. The lowest BCUT2D eigenvalue weighted by Crippen LogP contribution is -2.20. The maximum absolute atomic E-state index is 11.8. The maximum atomic E-state index is 11.8. The summed E-state index contributed by atoms with van der Waals surface area (Å²) >= 11 is 0. The van der Waals surface area contributed by atoms with Crippen LogP contribution in [0, 0.1) is 0 Å². The van der Waals surface area contributed by atoms with Crippen molar-refractivity contribution in [1.29, 1.82) is 0 Å². The Hall–Kier alpha value is -0.810. The molecule has 0 saturated carbocycles. The van der Waals surface area contributed by atoms with Crippen LogP contribution >= 0.6 is 0 Å². The summed E-state index contributed by atoms with van der Waals surface area (Å²) in [5.41, 5.74) is 0. The van der Waals surface area contributed by atoms with Gasteiger partial charge in [-0.15, -0.1) is 0 Å². The molecule has 2 heterocycles. The van der Waals surface area contributed by atoms with Gasteiger partial charge >= 0.3 is 0 Å². The van der Waals surface area contributed by atoms with Crippen molar-refractivity contribution in [3.05, 3.63) is 18.5 Å². The average Bonchev–Trinajstić information content (AvgIpc) is 2.71. The number of nitrogens with one attached hydrogen (secondary N) is 1. The van der Waals surface area contributed by atoms with E-state index in [2.05, 4.69) is 15.3 Å². The molecule has 1 N–H and O–H groups in total. The zero-order chi connectivity index (χ0) is 9.10. The SMILES string of the molecule is O=S(c1ncccn1)C1CCNC1. The fraction of sp³-hybridized carbons (Fsp3) is 0.500. The van der Waals surface area contributed by atoms with E-state index < -0.39 is 10.8 Å². The smallest absolute Gasteiger partial charge is 0.218 e. The molecule has 2 atom stereocenters. The minimum absolute atomic E-state index is 0.183. The third-order valence-electron chi connectivity index (χ3n) is 2.04. The first-order valence-corrected chi connectivity index (χ1v) is 5.47. The Bertz CT molecular complexity index is 298. The molecule has 0 aliphatic carbocycles. The Kier molecular flexibility index (Phi) is 2.65. The molecular weight excluding hydrogens is 186 g/mol. The van der Waals surface area contributed by atoms with Gasteiger partial charge in [0.25, 0.3) is 0 Å². The van der Waals surface area contributed by atoms with E-state index in [-0.39, 0.29) is 5.25 Å². The van der Waals surface area contributed by atoms with Crippen LogP contribution in [0.25, 0.3) is 0 Å². The van der Waals surface area contributed by atoms with E-state index in [1.807, 2.05) is 0 Å². The highest BCUT2D eigenvalue weighted by atomic mass is 32.2. The zero-order valence-corrected chi connectivity index (χ0v) is 7.96. The molecule has 0 radical (unpaired) electrons. The van der Waals surface area contributed by atoms with Gasteiger partial charge in [0.1, 0.15) is 0 Å². The van der Waals surface area contributed by atoms with Gasteiger partial charge in [0, 0.05) is 18.9 Å². The summed E-state index contributed by atoms with van der Waals surface area (Å²) in [7, 11) is -1.04. The monoisotopic (exact) mass is 197 g/mol. The number of hydrogen-bond donors (Lipinski definition) is 1. The highest BCUT2D eigenvalue weighted by molar-refractivity contribution is 7.85. The molecule has 1 saturated heterocycles. The van der Waals surface area contributed by atoms with Crippen molar-refractivity contribution in [2.75, 3.05) is 13.1 Å². The lowest BCUT2D eigenvalue weighted by Gasteiger charge is -2.05. The van der Waals surface area contributed by atoms with E-state index >= 15 is 0 Å². The normalized spacial score (nSPS) is 24.5. The van der Waals surface area contributed by atoms with Crippen molar-refractivity contribution >= 4 is 10.8 Å². The van der Waals surface area contributed by atoms with Gasteiger partial charge in [-0.05, 0) is 19.0 Å². The number of nitrogens with zero attached hydrogens (tertiary/aromatic N) is 2. The second-order valence-corrected chi connectivity index (χ2v) is 4.57. The standard InChI is InChI=1S/C8H11N3OS/c12-13(7-2-5-9-6-7)8-10-3-1-4-11-8/h1,3-4,7,9H,2,5-6H2. The van der Waals surface area contributed by atoms with E-state index in [0.29, 0.717) is 5.16 Å². The van der Waals surface area contributed by atoms with Crippen LogP contribution in [-0.2, 0) is 10.8 Å². The van der Waals surface area contributed by atoms with Crippen molar-refractivity contribution in [2.45, 2.75) is 16.8 Å². The molecule has 5 heteroatoms. The predicted molar refractivity (Wildman–Crippen MR) is 49.7 cm³/mol. The largest absolute Gasteiger partial charge is 0.315 e. The molecule has 0 amide bonds. The summed E-state index contributed by atoms with van der Waals surface area (Å²) in [6.45, 7) is 1.76. The first-order valence-electron chi connectivity index (χ1n) is 4.26. The van der Waals surface area contributed by atoms with Gasteiger partial charge in [-0.25, -0.2) is 9.97 Å². The number of hydrogen-bond acceptors (Lipinski definition) is 4. The molecular formula is C8H11N3OS. The van der Waals surface area contributed by atoms with Gasteiger partial charge in [0.15, 0.2) is 0 Å². The van der Waals surface area contributed by atoms with Crippen LogP contribution in [0.4, 0.5) is 0 Å². The van der Waals surface area contributed by atoms with Gasteiger partial charge in [-0.3, -0.25) is 4.21 Å². The summed E-state index contributed by atoms with van der Waals surface area (Å²) in [4.78, 5) is 7.97. The summed E-state index contributed by atoms with van der Waals surface area (Å²) in [5.74, 6) is 0. The summed E-state index contributed by atoms with van der Waals surface area (Å²) in [6, 6.07) is 1.73. The Morgan fingerprint density at radius 1 is 1.46 bits per heavy atom. The zero-order valence-electron chi connectivity index (χ0n) is 7.14. The molecule has 2 rings (SSSR count). The van der Waals surface area contributed by atoms with Crippen molar-refractivity contribution in [2.24, 2.45) is 0 Å². The van der Waals surface area contributed by atoms with Crippen molar-refractivity contribution in [3.8, 4) is 0 Å². The van der Waals surface area contributed by atoms with Gasteiger partial charge < -0.3 is 5.32 Å². The molecule has 70 valence electrons. The Morgan fingerprint density at radius 2 is 2.23 bits per heavy atom. The summed E-state index contributed by atoms with van der Waals surface area (Å²) < 4.78 is 11.8. The van der Waals surface area contributed by atoms with Crippen LogP contribution in [0.5, 0.6) is 0 Å². The van der Waals surface area contributed by atoms with Crippen molar-refractivity contribution in [1.82, 2.24) is 15.3 Å². The fourth-order valence-corrected chi connectivity index (χ4v) is 2.58. The molecule has 0 spiro atoms. The second-order valence-electron chi connectivity index (χ2n) is 2.94. The van der Waals surface area contributed by atoms with Crippen LogP contribution < -0.4 is 5.32 Å². The molecule has 1 fully saturated rings. The number of rotatable bonds is 2. The van der Waals surface area contributed by atoms with E-state index in [0.717, 1.165) is 19.5 Å². The second kappa shape index (κ2) is 3.93. The average molecular weight is 197 g/mol. The molecule has 0 bridgehead atoms. The molecule has 0 aromatic carbocycles. The highest BCUT2D eigenvalue weighted by Crippen LogP contribution is 2.11. The summed E-state index contributed by atoms with van der Waals surface area (Å²) in [6.07, 6.45) is 4.20. The van der Waals surface area contributed by atoms with Crippen LogP contribution in [-0.4, -0.2) is 32.5 Å². The topological polar surface area (TPSA) is 54.9 Å². The molecule has 1 aliphatic heterocycles. The quantitative estimate of drug-likeness (QED) is 0.675. The number of aromatic nitrogens is 2. The van der Waals surface area contributed by atoms with E-state index in [1.54, 1.807) is 18.5 Å². The van der Waals surface area contributed by atoms with Gasteiger partial charge in [-0.2, -0.15) is 0 Å². The van der Waals surface area contributed by atoms with E-state index in [4.69, 9.17) is 0 Å². The van der Waals surface area contributed by atoms with Gasteiger partial charge in [0.2, 0.25) is 5.16 Å². The van der Waals surface area contributed by atoms with Crippen LogP contribution in [0.3, 0.4) is 0 Å². The van der Waals surface area contributed by atoms with Gasteiger partial charge in [0.05, 0.1) is 16.0 Å². The Balaban J connectivity index is 2.13. The molecule has 2 unspecified atom stereocenters. The lowest BCUT2D eigenvalue weighted by atomic mass is 10.4. The molecule has 1 aromatic heterocycles. The predicted octanol–water partition coefficient (Wildman–Crippen LogP) is -0.0539. The minimum Gasteiger partial charge on any atom is -0.315 e. The van der Waals surface area contributed by atoms with Crippen LogP contribution in [0.2, 0.25) is 0 Å². The van der Waals surface area contributed by atoms with Crippen LogP contribution in [0.15, 0.2) is 23.6 Å².